The highest BCUT2D eigenvalue weighted by atomic mass is 16.5. The van der Waals surface area contributed by atoms with Crippen LogP contribution < -0.4 is 4.90 Å². The summed E-state index contributed by atoms with van der Waals surface area (Å²) in [6, 6.07) is 2.01. The Morgan fingerprint density at radius 1 is 1.00 bits per heavy atom. The number of hydrogen-bond acceptors (Lipinski definition) is 7. The van der Waals surface area contributed by atoms with Crippen molar-refractivity contribution in [3.05, 3.63) is 24.7 Å². The summed E-state index contributed by atoms with van der Waals surface area (Å²) < 4.78 is 5.11. The molecule has 2 aromatic heterocycles. The van der Waals surface area contributed by atoms with E-state index in [1.54, 1.807) is 12.4 Å². The lowest BCUT2D eigenvalue weighted by Gasteiger charge is -2.37. The van der Waals surface area contributed by atoms with Crippen LogP contribution >= 0.6 is 0 Å². The zero-order valence-electron chi connectivity index (χ0n) is 16.8. The smallest absolute Gasteiger partial charge is 0.309 e. The van der Waals surface area contributed by atoms with Gasteiger partial charge in [0.2, 0.25) is 5.91 Å². The summed E-state index contributed by atoms with van der Waals surface area (Å²) >= 11 is 0. The van der Waals surface area contributed by atoms with E-state index in [9.17, 15) is 9.59 Å². The fraction of sp³-hybridized carbons (Fsp3) is 0.571. The Balaban J connectivity index is 1.30. The van der Waals surface area contributed by atoms with Crippen molar-refractivity contribution in [1.82, 2.24) is 19.9 Å². The molecule has 0 saturated carbocycles. The third kappa shape index (κ3) is 4.31. The highest BCUT2D eigenvalue weighted by Crippen LogP contribution is 2.27. The topological polar surface area (TPSA) is 88.5 Å². The maximum atomic E-state index is 12.9. The molecular formula is C21H27N5O3. The SMILES string of the molecule is CCOC(=O)C1CCN(C(=O)C2CCN(c3cnc4nccnc4c3)CC2)CC1. The van der Waals surface area contributed by atoms with Crippen molar-refractivity contribution in [3.8, 4) is 0 Å². The van der Waals surface area contributed by atoms with Crippen molar-refractivity contribution in [2.45, 2.75) is 32.6 Å². The van der Waals surface area contributed by atoms with Crippen molar-refractivity contribution >= 4 is 28.7 Å². The molecule has 8 heteroatoms. The Hall–Kier alpha value is -2.77. The van der Waals surface area contributed by atoms with Crippen molar-refractivity contribution in [2.75, 3.05) is 37.7 Å². The summed E-state index contributed by atoms with van der Waals surface area (Å²) in [5, 5.41) is 0. The Bertz CT molecular complexity index is 874. The Kier molecular flexibility index (Phi) is 5.87. The summed E-state index contributed by atoms with van der Waals surface area (Å²) in [7, 11) is 0. The van der Waals surface area contributed by atoms with E-state index in [1.807, 2.05) is 24.1 Å². The lowest BCUT2D eigenvalue weighted by atomic mass is 9.92. The van der Waals surface area contributed by atoms with E-state index < -0.39 is 0 Å². The first-order chi connectivity index (χ1) is 14.2. The second-order valence-electron chi connectivity index (χ2n) is 7.71. The molecule has 2 aliphatic heterocycles. The van der Waals surface area contributed by atoms with Gasteiger partial charge in [0.15, 0.2) is 5.65 Å². The van der Waals surface area contributed by atoms with E-state index in [0.29, 0.717) is 38.2 Å². The molecule has 2 aliphatic rings. The van der Waals surface area contributed by atoms with Crippen LogP contribution in [0.3, 0.4) is 0 Å². The van der Waals surface area contributed by atoms with E-state index in [1.165, 1.54) is 0 Å². The highest BCUT2D eigenvalue weighted by molar-refractivity contribution is 5.80. The maximum Gasteiger partial charge on any atom is 0.309 e. The third-order valence-electron chi connectivity index (χ3n) is 5.95. The predicted molar refractivity (Wildman–Crippen MR) is 108 cm³/mol. The molecule has 1 amide bonds. The minimum atomic E-state index is -0.124. The van der Waals surface area contributed by atoms with Crippen LogP contribution in [0.15, 0.2) is 24.7 Å². The number of esters is 1. The van der Waals surface area contributed by atoms with Crippen LogP contribution in [-0.4, -0.2) is 64.5 Å². The quantitative estimate of drug-likeness (QED) is 0.730. The molecule has 4 heterocycles. The number of fused-ring (bicyclic) bond motifs is 1. The van der Waals surface area contributed by atoms with E-state index in [-0.39, 0.29) is 23.7 Å². The van der Waals surface area contributed by atoms with Gasteiger partial charge in [0.05, 0.1) is 24.4 Å². The van der Waals surface area contributed by atoms with Crippen molar-refractivity contribution in [1.29, 1.82) is 0 Å². The molecule has 2 saturated heterocycles. The van der Waals surface area contributed by atoms with Gasteiger partial charge < -0.3 is 14.5 Å². The molecule has 0 aliphatic carbocycles. The number of nitrogens with zero attached hydrogens (tertiary/aromatic N) is 5. The number of likely N-dealkylation sites (tertiary alicyclic amines) is 1. The zero-order valence-corrected chi connectivity index (χ0v) is 16.8. The Morgan fingerprint density at radius 3 is 2.41 bits per heavy atom. The zero-order chi connectivity index (χ0) is 20.2. The lowest BCUT2D eigenvalue weighted by Crippen LogP contribution is -2.46. The fourth-order valence-electron chi connectivity index (χ4n) is 4.26. The average molecular weight is 397 g/mol. The minimum Gasteiger partial charge on any atom is -0.466 e. The molecule has 0 aromatic carbocycles. The summed E-state index contributed by atoms with van der Waals surface area (Å²) in [5.74, 6) is 0.0963. The summed E-state index contributed by atoms with van der Waals surface area (Å²) in [4.78, 5) is 41.9. The lowest BCUT2D eigenvalue weighted by molar-refractivity contribution is -0.151. The summed E-state index contributed by atoms with van der Waals surface area (Å²) in [6.07, 6.45) is 8.20. The van der Waals surface area contributed by atoms with Crippen LogP contribution in [0.5, 0.6) is 0 Å². The van der Waals surface area contributed by atoms with Gasteiger partial charge in [-0.2, -0.15) is 0 Å². The van der Waals surface area contributed by atoms with E-state index >= 15 is 0 Å². The number of piperidine rings is 2. The fourth-order valence-corrected chi connectivity index (χ4v) is 4.26. The summed E-state index contributed by atoms with van der Waals surface area (Å²) in [5.41, 5.74) is 2.46. The Morgan fingerprint density at radius 2 is 1.69 bits per heavy atom. The second kappa shape index (κ2) is 8.71. The van der Waals surface area contributed by atoms with Crippen molar-refractivity contribution in [3.63, 3.8) is 0 Å². The van der Waals surface area contributed by atoms with Crippen LogP contribution in [0.4, 0.5) is 5.69 Å². The average Bonchev–Trinajstić information content (AvgIpc) is 2.78. The van der Waals surface area contributed by atoms with Gasteiger partial charge in [-0.25, -0.2) is 9.97 Å². The molecule has 4 rings (SSSR count). The number of ether oxygens (including phenoxy) is 1. The van der Waals surface area contributed by atoms with Crippen LogP contribution in [-0.2, 0) is 14.3 Å². The minimum absolute atomic E-state index is 0.0543. The van der Waals surface area contributed by atoms with Gasteiger partial charge in [-0.1, -0.05) is 0 Å². The van der Waals surface area contributed by atoms with Crippen molar-refractivity contribution < 1.29 is 14.3 Å². The largest absolute Gasteiger partial charge is 0.466 e. The first kappa shape index (κ1) is 19.5. The molecule has 2 fully saturated rings. The molecule has 0 unspecified atom stereocenters. The molecule has 0 radical (unpaired) electrons. The molecule has 0 atom stereocenters. The van der Waals surface area contributed by atoms with Crippen LogP contribution in [0.25, 0.3) is 11.2 Å². The first-order valence-electron chi connectivity index (χ1n) is 10.4. The maximum absolute atomic E-state index is 12.9. The second-order valence-corrected chi connectivity index (χ2v) is 7.71. The number of amides is 1. The predicted octanol–water partition coefficient (Wildman–Crippen LogP) is 2.04. The summed E-state index contributed by atoms with van der Waals surface area (Å²) in [6.45, 7) is 5.18. The number of carbonyl (C=O) groups is 2. The van der Waals surface area contributed by atoms with Crippen LogP contribution in [0.1, 0.15) is 32.6 Å². The molecule has 2 aromatic rings. The number of hydrogen-bond donors (Lipinski definition) is 0. The van der Waals surface area contributed by atoms with Gasteiger partial charge in [0, 0.05) is 44.5 Å². The molecule has 29 heavy (non-hydrogen) atoms. The normalized spacial score (nSPS) is 18.8. The molecule has 0 bridgehead atoms. The van der Waals surface area contributed by atoms with E-state index in [4.69, 9.17) is 4.74 Å². The van der Waals surface area contributed by atoms with Crippen molar-refractivity contribution in [2.24, 2.45) is 11.8 Å². The number of pyridine rings is 1. The van der Waals surface area contributed by atoms with Crippen LogP contribution in [0, 0.1) is 11.8 Å². The third-order valence-corrected chi connectivity index (χ3v) is 5.95. The van der Waals surface area contributed by atoms with Gasteiger partial charge in [-0.3, -0.25) is 14.6 Å². The van der Waals surface area contributed by atoms with Gasteiger partial charge in [0.1, 0.15) is 5.52 Å². The highest BCUT2D eigenvalue weighted by Gasteiger charge is 2.33. The number of carbonyl (C=O) groups excluding carboxylic acids is 2. The van der Waals surface area contributed by atoms with E-state index in [0.717, 1.165) is 37.1 Å². The molecule has 154 valence electrons. The van der Waals surface area contributed by atoms with Gasteiger partial charge in [-0.05, 0) is 38.7 Å². The molecule has 8 nitrogen and oxygen atoms in total. The molecule has 0 N–H and O–H groups in total. The monoisotopic (exact) mass is 397 g/mol. The number of rotatable bonds is 4. The number of anilines is 1. The first-order valence-corrected chi connectivity index (χ1v) is 10.4. The van der Waals surface area contributed by atoms with E-state index in [2.05, 4.69) is 19.9 Å². The van der Waals surface area contributed by atoms with Gasteiger partial charge in [-0.15, -0.1) is 0 Å². The molecular weight excluding hydrogens is 370 g/mol. The Labute approximate surface area is 170 Å². The standard InChI is InChI=1S/C21H27N5O3/c1-2-29-21(28)16-5-11-26(12-6-16)20(27)15-3-9-25(10-4-15)17-13-18-19(24-14-17)23-8-7-22-18/h7-8,13-16H,2-6,9-12H2,1H3. The van der Waals surface area contributed by atoms with Crippen LogP contribution in [0.2, 0.25) is 0 Å². The van der Waals surface area contributed by atoms with Gasteiger partial charge >= 0.3 is 5.97 Å². The number of aromatic nitrogens is 3. The molecule has 0 spiro atoms. The van der Waals surface area contributed by atoms with Gasteiger partial charge in [0.25, 0.3) is 0 Å².